The zero-order chi connectivity index (χ0) is 22.3. The zero-order valence-corrected chi connectivity index (χ0v) is 19.5. The van der Waals surface area contributed by atoms with Crippen molar-refractivity contribution in [2.45, 2.75) is 32.0 Å². The van der Waals surface area contributed by atoms with Crippen molar-refractivity contribution in [2.75, 3.05) is 18.5 Å². The molecular formula is C23H22Cl2N2O4S. The van der Waals surface area contributed by atoms with E-state index < -0.39 is 0 Å². The molecule has 32 heavy (non-hydrogen) atoms. The number of nitrogens with one attached hydrogen (secondary N) is 1. The maximum Gasteiger partial charge on any atom is 0.230 e. The summed E-state index contributed by atoms with van der Waals surface area (Å²) in [6.07, 6.45) is 2.23. The van der Waals surface area contributed by atoms with Crippen LogP contribution < -0.4 is 14.8 Å². The number of halogens is 2. The molecule has 0 bridgehead atoms. The number of carbonyl (C=O) groups excluding carboxylic acids is 1. The van der Waals surface area contributed by atoms with Crippen LogP contribution in [-0.2, 0) is 22.6 Å². The highest BCUT2D eigenvalue weighted by atomic mass is 35.5. The Labute approximate surface area is 200 Å². The molecule has 1 aliphatic rings. The van der Waals surface area contributed by atoms with Gasteiger partial charge in [-0.1, -0.05) is 23.2 Å². The molecule has 0 radical (unpaired) electrons. The van der Waals surface area contributed by atoms with Crippen molar-refractivity contribution in [3.05, 3.63) is 68.6 Å². The van der Waals surface area contributed by atoms with E-state index in [1.165, 1.54) is 11.3 Å². The average molecular weight is 493 g/mol. The minimum atomic E-state index is -0.204. The third-order valence-electron chi connectivity index (χ3n) is 4.78. The van der Waals surface area contributed by atoms with Crippen molar-refractivity contribution in [3.8, 4) is 11.5 Å². The minimum absolute atomic E-state index is 0.0812. The maximum atomic E-state index is 12.6. The lowest BCUT2D eigenvalue weighted by Crippen LogP contribution is -2.19. The first kappa shape index (κ1) is 22.9. The number of carbonyl (C=O) groups is 1. The fraction of sp³-hybridized carbons (Fsp3) is 0.304. The summed E-state index contributed by atoms with van der Waals surface area (Å²) < 4.78 is 17.2. The molecule has 1 amide bonds. The Morgan fingerprint density at radius 2 is 1.97 bits per heavy atom. The van der Waals surface area contributed by atoms with Gasteiger partial charge in [-0.05, 0) is 55.3 Å². The molecule has 168 valence electrons. The predicted octanol–water partition coefficient (Wildman–Crippen LogP) is 5.77. The lowest BCUT2D eigenvalue weighted by atomic mass is 10.2. The molecule has 1 aromatic heterocycles. The van der Waals surface area contributed by atoms with Gasteiger partial charge in [0.15, 0.2) is 0 Å². The molecule has 0 aliphatic carbocycles. The highest BCUT2D eigenvalue weighted by Crippen LogP contribution is 2.29. The van der Waals surface area contributed by atoms with Gasteiger partial charge in [-0.15, -0.1) is 11.3 Å². The number of nitrogens with zero attached hydrogens (tertiary/aromatic N) is 1. The first-order chi connectivity index (χ1) is 15.5. The van der Waals surface area contributed by atoms with E-state index in [1.54, 1.807) is 42.5 Å². The van der Waals surface area contributed by atoms with E-state index >= 15 is 0 Å². The van der Waals surface area contributed by atoms with Gasteiger partial charge in [0, 0.05) is 22.0 Å². The van der Waals surface area contributed by atoms with Crippen molar-refractivity contribution >= 4 is 46.1 Å². The Morgan fingerprint density at radius 3 is 2.75 bits per heavy atom. The van der Waals surface area contributed by atoms with Crippen LogP contribution in [0.2, 0.25) is 10.0 Å². The van der Waals surface area contributed by atoms with Crippen molar-refractivity contribution < 1.29 is 19.0 Å². The topological polar surface area (TPSA) is 69.7 Å². The van der Waals surface area contributed by atoms with E-state index in [0.717, 1.165) is 24.5 Å². The van der Waals surface area contributed by atoms with Crippen molar-refractivity contribution in [2.24, 2.45) is 0 Å². The van der Waals surface area contributed by atoms with Gasteiger partial charge in [0.05, 0.1) is 23.9 Å². The molecule has 9 heteroatoms. The van der Waals surface area contributed by atoms with Crippen LogP contribution in [-0.4, -0.2) is 30.2 Å². The fourth-order valence-corrected chi connectivity index (χ4v) is 4.22. The van der Waals surface area contributed by atoms with Crippen LogP contribution in [0.3, 0.4) is 0 Å². The van der Waals surface area contributed by atoms with Crippen LogP contribution in [0.5, 0.6) is 11.5 Å². The molecule has 4 rings (SSSR count). The van der Waals surface area contributed by atoms with Gasteiger partial charge in [0.2, 0.25) is 5.91 Å². The van der Waals surface area contributed by atoms with Gasteiger partial charge >= 0.3 is 0 Å². The number of aromatic nitrogens is 1. The summed E-state index contributed by atoms with van der Waals surface area (Å²) in [5.74, 6) is 1.07. The van der Waals surface area contributed by atoms with E-state index in [0.29, 0.717) is 46.1 Å². The quantitative estimate of drug-likeness (QED) is 0.410. The number of rotatable bonds is 9. The van der Waals surface area contributed by atoms with E-state index in [4.69, 9.17) is 37.4 Å². The van der Waals surface area contributed by atoms with Gasteiger partial charge in [0.25, 0.3) is 0 Å². The monoisotopic (exact) mass is 492 g/mol. The van der Waals surface area contributed by atoms with Gasteiger partial charge in [-0.25, -0.2) is 4.98 Å². The standard InChI is InChI=1S/C23H22Cl2N2O4S/c24-15-3-6-18(7-4-15)30-13-23-26-17(14-32-23)11-22(28)27-20-10-16(25)5-8-21(20)31-12-19-2-1-9-29-19/h3-8,10,14,19H,1-2,9,11-13H2,(H,27,28). The number of anilines is 1. The lowest BCUT2D eigenvalue weighted by Gasteiger charge is -2.15. The number of benzene rings is 2. The molecule has 1 unspecified atom stereocenters. The number of thiazole rings is 1. The first-order valence-electron chi connectivity index (χ1n) is 10.2. The molecule has 3 aromatic rings. The summed E-state index contributed by atoms with van der Waals surface area (Å²) in [6.45, 7) is 1.52. The summed E-state index contributed by atoms with van der Waals surface area (Å²) in [4.78, 5) is 17.1. The van der Waals surface area contributed by atoms with Crippen LogP contribution in [0, 0.1) is 0 Å². The fourth-order valence-electron chi connectivity index (χ4n) is 3.22. The molecule has 0 spiro atoms. The first-order valence-corrected chi connectivity index (χ1v) is 11.8. The minimum Gasteiger partial charge on any atom is -0.489 e. The van der Waals surface area contributed by atoms with Crippen molar-refractivity contribution in [1.82, 2.24) is 4.98 Å². The molecule has 1 fully saturated rings. The second-order valence-electron chi connectivity index (χ2n) is 7.29. The van der Waals surface area contributed by atoms with Gasteiger partial charge < -0.3 is 19.5 Å². The Hall–Kier alpha value is -2.32. The van der Waals surface area contributed by atoms with Crippen LogP contribution in [0.1, 0.15) is 23.5 Å². The third-order valence-corrected chi connectivity index (χ3v) is 6.14. The number of ether oxygens (including phenoxy) is 3. The summed E-state index contributed by atoms with van der Waals surface area (Å²) >= 11 is 13.4. The van der Waals surface area contributed by atoms with Gasteiger partial charge in [-0.3, -0.25) is 4.79 Å². The van der Waals surface area contributed by atoms with Gasteiger partial charge in [0.1, 0.15) is 29.7 Å². The number of hydrogen-bond donors (Lipinski definition) is 1. The zero-order valence-electron chi connectivity index (χ0n) is 17.2. The van der Waals surface area contributed by atoms with Crippen molar-refractivity contribution in [1.29, 1.82) is 0 Å². The SMILES string of the molecule is O=C(Cc1csc(COc2ccc(Cl)cc2)n1)Nc1cc(Cl)ccc1OCC1CCCO1. The van der Waals surface area contributed by atoms with Crippen LogP contribution in [0.25, 0.3) is 0 Å². The Bertz CT molecular complexity index is 1050. The summed E-state index contributed by atoms with van der Waals surface area (Å²) in [5, 5.41) is 6.68. The predicted molar refractivity (Wildman–Crippen MR) is 126 cm³/mol. The Balaban J connectivity index is 1.31. The molecule has 1 saturated heterocycles. The Kier molecular flexibility index (Phi) is 7.86. The molecule has 1 atom stereocenters. The largest absolute Gasteiger partial charge is 0.489 e. The highest BCUT2D eigenvalue weighted by molar-refractivity contribution is 7.09. The Morgan fingerprint density at radius 1 is 1.16 bits per heavy atom. The summed E-state index contributed by atoms with van der Waals surface area (Å²) in [7, 11) is 0. The summed E-state index contributed by atoms with van der Waals surface area (Å²) in [5.41, 5.74) is 1.20. The van der Waals surface area contributed by atoms with E-state index in [2.05, 4.69) is 10.3 Å². The summed E-state index contributed by atoms with van der Waals surface area (Å²) in [6, 6.07) is 12.3. The molecular weight excluding hydrogens is 471 g/mol. The van der Waals surface area contributed by atoms with Gasteiger partial charge in [-0.2, -0.15) is 0 Å². The van der Waals surface area contributed by atoms with Crippen LogP contribution in [0.15, 0.2) is 47.8 Å². The van der Waals surface area contributed by atoms with Crippen LogP contribution >= 0.6 is 34.5 Å². The maximum absolute atomic E-state index is 12.6. The molecule has 2 aromatic carbocycles. The number of amides is 1. The van der Waals surface area contributed by atoms with Crippen LogP contribution in [0.4, 0.5) is 5.69 Å². The molecule has 1 N–H and O–H groups in total. The van der Waals surface area contributed by atoms with Crippen molar-refractivity contribution in [3.63, 3.8) is 0 Å². The van der Waals surface area contributed by atoms with E-state index in [1.807, 2.05) is 5.38 Å². The average Bonchev–Trinajstić information content (AvgIpc) is 3.45. The number of hydrogen-bond acceptors (Lipinski definition) is 6. The molecule has 1 aliphatic heterocycles. The lowest BCUT2D eigenvalue weighted by molar-refractivity contribution is -0.115. The highest BCUT2D eigenvalue weighted by Gasteiger charge is 2.18. The van der Waals surface area contributed by atoms with E-state index in [-0.39, 0.29) is 18.4 Å². The normalized spacial score (nSPS) is 15.5. The van der Waals surface area contributed by atoms with E-state index in [9.17, 15) is 4.79 Å². The molecule has 0 saturated carbocycles. The second-order valence-corrected chi connectivity index (χ2v) is 9.10. The second kappa shape index (κ2) is 11.0. The molecule has 6 nitrogen and oxygen atoms in total. The third kappa shape index (κ3) is 6.59. The molecule has 2 heterocycles. The smallest absolute Gasteiger partial charge is 0.230 e.